The Labute approximate surface area is 154 Å². The van der Waals surface area contributed by atoms with Gasteiger partial charge in [0.1, 0.15) is 0 Å². The molecule has 0 saturated carbocycles. The average molecular weight is 376 g/mol. The third-order valence-corrected chi connectivity index (χ3v) is 5.44. The molecule has 0 spiro atoms. The molecule has 7 heteroatoms. The molecule has 0 saturated heterocycles. The van der Waals surface area contributed by atoms with Crippen molar-refractivity contribution in [1.29, 1.82) is 0 Å². The first-order valence-corrected chi connectivity index (χ1v) is 9.89. The molecule has 0 fully saturated rings. The SMILES string of the molecule is CCN(CC)c1ccc(C(=O)O)cc1NS(=O)(=O)c1cc(C)cc(C)c1. The molecule has 0 aliphatic carbocycles. The third-order valence-electron chi connectivity index (χ3n) is 4.10. The van der Waals surface area contributed by atoms with E-state index in [1.54, 1.807) is 18.2 Å². The molecule has 2 aromatic carbocycles. The molecule has 26 heavy (non-hydrogen) atoms. The molecular weight excluding hydrogens is 352 g/mol. The first kappa shape index (κ1) is 19.8. The highest BCUT2D eigenvalue weighted by Gasteiger charge is 2.20. The summed E-state index contributed by atoms with van der Waals surface area (Å²) in [7, 11) is -3.84. The fraction of sp³-hybridized carbons (Fsp3) is 0.316. The molecule has 0 atom stereocenters. The van der Waals surface area contributed by atoms with Crippen molar-refractivity contribution in [3.8, 4) is 0 Å². The maximum atomic E-state index is 12.9. The van der Waals surface area contributed by atoms with Crippen LogP contribution < -0.4 is 9.62 Å². The molecular formula is C19H24N2O4S. The summed E-state index contributed by atoms with van der Waals surface area (Å²) in [6, 6.07) is 9.54. The first-order chi connectivity index (χ1) is 12.2. The van der Waals surface area contributed by atoms with Crippen LogP contribution in [0, 0.1) is 13.8 Å². The van der Waals surface area contributed by atoms with Crippen LogP contribution in [-0.4, -0.2) is 32.6 Å². The Kier molecular flexibility index (Phi) is 5.92. The van der Waals surface area contributed by atoms with Crippen LogP contribution in [-0.2, 0) is 10.0 Å². The van der Waals surface area contributed by atoms with E-state index in [0.717, 1.165) is 11.1 Å². The van der Waals surface area contributed by atoms with Crippen molar-refractivity contribution in [2.24, 2.45) is 0 Å². The lowest BCUT2D eigenvalue weighted by molar-refractivity contribution is 0.0697. The Bertz CT molecular complexity index is 899. The van der Waals surface area contributed by atoms with Crippen LogP contribution in [0.3, 0.4) is 0 Å². The second-order valence-electron chi connectivity index (χ2n) is 6.14. The molecule has 0 aromatic heterocycles. The number of carboxylic acids is 1. The van der Waals surface area contributed by atoms with Crippen molar-refractivity contribution < 1.29 is 18.3 Å². The lowest BCUT2D eigenvalue weighted by Gasteiger charge is -2.25. The number of rotatable bonds is 7. The van der Waals surface area contributed by atoms with Gasteiger partial charge in [-0.1, -0.05) is 6.07 Å². The van der Waals surface area contributed by atoms with Gasteiger partial charge in [-0.05, 0) is 69.2 Å². The number of hydrogen-bond acceptors (Lipinski definition) is 4. The van der Waals surface area contributed by atoms with Gasteiger partial charge in [0.2, 0.25) is 0 Å². The summed E-state index contributed by atoms with van der Waals surface area (Å²) in [5, 5.41) is 9.25. The van der Waals surface area contributed by atoms with Crippen LogP contribution in [0.1, 0.15) is 35.3 Å². The van der Waals surface area contributed by atoms with E-state index >= 15 is 0 Å². The number of aryl methyl sites for hydroxylation is 2. The lowest BCUT2D eigenvalue weighted by Crippen LogP contribution is -2.24. The number of hydrogen-bond donors (Lipinski definition) is 2. The number of sulfonamides is 1. The van der Waals surface area contributed by atoms with Gasteiger partial charge in [-0.25, -0.2) is 13.2 Å². The number of nitrogens with one attached hydrogen (secondary N) is 1. The summed E-state index contributed by atoms with van der Waals surface area (Å²) in [6.45, 7) is 8.91. The van der Waals surface area contributed by atoms with Gasteiger partial charge >= 0.3 is 5.97 Å². The van der Waals surface area contributed by atoms with Gasteiger partial charge in [0.25, 0.3) is 10.0 Å². The maximum Gasteiger partial charge on any atom is 0.335 e. The fourth-order valence-corrected chi connectivity index (χ4v) is 4.14. The average Bonchev–Trinajstić information content (AvgIpc) is 2.55. The highest BCUT2D eigenvalue weighted by Crippen LogP contribution is 2.30. The standard InChI is InChI=1S/C19H24N2O4S/c1-5-21(6-2)18-8-7-15(19(22)23)12-17(18)20-26(24,25)16-10-13(3)9-14(4)11-16/h7-12,20H,5-6H2,1-4H3,(H,22,23). The van der Waals surface area contributed by atoms with Gasteiger partial charge in [0.15, 0.2) is 0 Å². The van der Waals surface area contributed by atoms with Crippen molar-refractivity contribution in [1.82, 2.24) is 0 Å². The predicted octanol–water partition coefficient (Wildman–Crippen LogP) is 3.65. The third kappa shape index (κ3) is 4.35. The summed E-state index contributed by atoms with van der Waals surface area (Å²) < 4.78 is 28.3. The molecule has 0 heterocycles. The van der Waals surface area contributed by atoms with E-state index in [1.165, 1.54) is 12.1 Å². The minimum atomic E-state index is -3.84. The number of anilines is 2. The van der Waals surface area contributed by atoms with E-state index in [2.05, 4.69) is 4.72 Å². The smallest absolute Gasteiger partial charge is 0.335 e. The van der Waals surface area contributed by atoms with Crippen molar-refractivity contribution in [2.75, 3.05) is 22.7 Å². The zero-order valence-electron chi connectivity index (χ0n) is 15.4. The fourth-order valence-electron chi connectivity index (χ4n) is 2.88. The number of carbonyl (C=O) groups is 1. The Balaban J connectivity index is 2.54. The van der Waals surface area contributed by atoms with E-state index in [0.29, 0.717) is 18.8 Å². The van der Waals surface area contributed by atoms with Gasteiger partial charge in [0.05, 0.1) is 21.8 Å². The Morgan fingerprint density at radius 3 is 2.12 bits per heavy atom. The Hall–Kier alpha value is -2.54. The summed E-state index contributed by atoms with van der Waals surface area (Å²) >= 11 is 0. The van der Waals surface area contributed by atoms with E-state index < -0.39 is 16.0 Å². The van der Waals surface area contributed by atoms with Gasteiger partial charge in [-0.2, -0.15) is 0 Å². The molecule has 2 aromatic rings. The minimum absolute atomic E-state index is 0.0269. The molecule has 140 valence electrons. The molecule has 0 aliphatic rings. The number of benzene rings is 2. The molecule has 0 amide bonds. The van der Waals surface area contributed by atoms with Gasteiger partial charge in [-0.15, -0.1) is 0 Å². The number of aromatic carboxylic acids is 1. The number of carboxylic acid groups (broad SMARTS) is 1. The Morgan fingerprint density at radius 2 is 1.62 bits per heavy atom. The van der Waals surface area contributed by atoms with Crippen molar-refractivity contribution in [3.05, 3.63) is 53.1 Å². The second kappa shape index (κ2) is 7.78. The monoisotopic (exact) mass is 376 g/mol. The second-order valence-corrected chi connectivity index (χ2v) is 7.82. The van der Waals surface area contributed by atoms with Gasteiger partial charge in [0, 0.05) is 13.1 Å². The highest BCUT2D eigenvalue weighted by atomic mass is 32.2. The van der Waals surface area contributed by atoms with E-state index in [4.69, 9.17) is 0 Å². The molecule has 2 N–H and O–H groups in total. The van der Waals surface area contributed by atoms with Crippen LogP contribution in [0.2, 0.25) is 0 Å². The summed E-state index contributed by atoms with van der Waals surface area (Å²) in [5.41, 5.74) is 2.61. The predicted molar refractivity (Wildman–Crippen MR) is 104 cm³/mol. The van der Waals surface area contributed by atoms with Crippen LogP contribution >= 0.6 is 0 Å². The van der Waals surface area contributed by atoms with Crippen molar-refractivity contribution in [3.63, 3.8) is 0 Å². The zero-order chi connectivity index (χ0) is 19.5. The van der Waals surface area contributed by atoms with E-state index in [-0.39, 0.29) is 16.1 Å². The van der Waals surface area contributed by atoms with E-state index in [1.807, 2.05) is 38.7 Å². The topological polar surface area (TPSA) is 86.7 Å². The van der Waals surface area contributed by atoms with Crippen LogP contribution in [0.5, 0.6) is 0 Å². The van der Waals surface area contributed by atoms with Crippen LogP contribution in [0.4, 0.5) is 11.4 Å². The molecule has 0 unspecified atom stereocenters. The van der Waals surface area contributed by atoms with Crippen molar-refractivity contribution in [2.45, 2.75) is 32.6 Å². The van der Waals surface area contributed by atoms with E-state index in [9.17, 15) is 18.3 Å². The zero-order valence-corrected chi connectivity index (χ0v) is 16.2. The van der Waals surface area contributed by atoms with Crippen LogP contribution in [0.15, 0.2) is 41.3 Å². The summed E-state index contributed by atoms with van der Waals surface area (Å²) in [6.07, 6.45) is 0. The van der Waals surface area contributed by atoms with Crippen LogP contribution in [0.25, 0.3) is 0 Å². The largest absolute Gasteiger partial charge is 0.478 e. The Morgan fingerprint density at radius 1 is 1.04 bits per heavy atom. The molecule has 0 aliphatic heterocycles. The molecule has 2 rings (SSSR count). The normalized spacial score (nSPS) is 11.2. The van der Waals surface area contributed by atoms with Crippen molar-refractivity contribution >= 4 is 27.4 Å². The maximum absolute atomic E-state index is 12.9. The molecule has 0 radical (unpaired) electrons. The number of nitrogens with zero attached hydrogens (tertiary/aromatic N) is 1. The lowest BCUT2D eigenvalue weighted by atomic mass is 10.1. The highest BCUT2D eigenvalue weighted by molar-refractivity contribution is 7.92. The van der Waals surface area contributed by atoms with Gasteiger partial charge < -0.3 is 10.0 Å². The first-order valence-electron chi connectivity index (χ1n) is 8.41. The molecule has 0 bridgehead atoms. The summed E-state index contributed by atoms with van der Waals surface area (Å²) in [4.78, 5) is 13.4. The molecule has 6 nitrogen and oxygen atoms in total. The summed E-state index contributed by atoms with van der Waals surface area (Å²) in [5.74, 6) is -1.11. The van der Waals surface area contributed by atoms with Gasteiger partial charge in [-0.3, -0.25) is 4.72 Å². The quantitative estimate of drug-likeness (QED) is 0.770. The minimum Gasteiger partial charge on any atom is -0.478 e.